The first-order valence-corrected chi connectivity index (χ1v) is 9.59. The van der Waals surface area contributed by atoms with Gasteiger partial charge in [0.05, 0.1) is 0 Å². The van der Waals surface area contributed by atoms with Crippen LogP contribution in [0.3, 0.4) is 0 Å². The molecular formula is C21H29NO3. The minimum atomic E-state index is -0.218. The maximum absolute atomic E-state index is 12.0. The molecule has 136 valence electrons. The van der Waals surface area contributed by atoms with Crippen molar-refractivity contribution in [3.63, 3.8) is 0 Å². The van der Waals surface area contributed by atoms with E-state index < -0.39 is 0 Å². The third-order valence-electron chi connectivity index (χ3n) is 5.79. The maximum atomic E-state index is 12.0. The van der Waals surface area contributed by atoms with E-state index in [1.54, 1.807) is 0 Å². The molecule has 1 aromatic rings. The second-order valence-electron chi connectivity index (χ2n) is 7.79. The van der Waals surface area contributed by atoms with Crippen LogP contribution in [0.25, 0.3) is 0 Å². The summed E-state index contributed by atoms with van der Waals surface area (Å²) in [4.78, 5) is 23.9. The minimum absolute atomic E-state index is 0.0666. The van der Waals surface area contributed by atoms with Gasteiger partial charge in [-0.2, -0.15) is 0 Å². The summed E-state index contributed by atoms with van der Waals surface area (Å²) in [5.41, 5.74) is 1.26. The number of fused-ring (bicyclic) bond motifs is 2. The second kappa shape index (κ2) is 8.50. The summed E-state index contributed by atoms with van der Waals surface area (Å²) in [6, 6.07) is 10.3. The van der Waals surface area contributed by atoms with E-state index in [0.29, 0.717) is 18.3 Å². The van der Waals surface area contributed by atoms with Crippen LogP contribution in [-0.4, -0.2) is 24.5 Å². The molecule has 4 heteroatoms. The summed E-state index contributed by atoms with van der Waals surface area (Å²) < 4.78 is 5.19. The van der Waals surface area contributed by atoms with E-state index in [2.05, 4.69) is 17.4 Å². The second-order valence-corrected chi connectivity index (χ2v) is 7.79. The summed E-state index contributed by atoms with van der Waals surface area (Å²) >= 11 is 0. The van der Waals surface area contributed by atoms with Crippen LogP contribution in [0.15, 0.2) is 30.3 Å². The molecular weight excluding hydrogens is 314 g/mol. The van der Waals surface area contributed by atoms with Gasteiger partial charge in [-0.3, -0.25) is 9.59 Å². The van der Waals surface area contributed by atoms with Gasteiger partial charge in [-0.05, 0) is 62.3 Å². The Balaban J connectivity index is 1.30. The predicted molar refractivity (Wildman–Crippen MR) is 96.9 cm³/mol. The molecule has 0 unspecified atom stereocenters. The number of aryl methyl sites for hydroxylation is 1. The van der Waals surface area contributed by atoms with Crippen molar-refractivity contribution in [3.8, 4) is 0 Å². The van der Waals surface area contributed by atoms with Gasteiger partial charge in [-0.1, -0.05) is 36.8 Å². The van der Waals surface area contributed by atoms with Crippen molar-refractivity contribution < 1.29 is 14.3 Å². The molecule has 2 aliphatic rings. The van der Waals surface area contributed by atoms with Crippen LogP contribution < -0.4 is 5.32 Å². The molecule has 0 aliphatic heterocycles. The van der Waals surface area contributed by atoms with Crippen LogP contribution in [0.2, 0.25) is 0 Å². The highest BCUT2D eigenvalue weighted by Crippen LogP contribution is 2.49. The number of nitrogens with one attached hydrogen (secondary N) is 1. The van der Waals surface area contributed by atoms with Gasteiger partial charge in [0.15, 0.2) is 6.61 Å². The number of carbonyl (C=O) groups is 2. The van der Waals surface area contributed by atoms with E-state index in [1.165, 1.54) is 31.2 Å². The van der Waals surface area contributed by atoms with E-state index in [4.69, 9.17) is 4.74 Å². The maximum Gasteiger partial charge on any atom is 0.306 e. The molecule has 0 spiro atoms. The molecule has 4 nitrogen and oxygen atoms in total. The van der Waals surface area contributed by atoms with E-state index in [9.17, 15) is 9.59 Å². The standard InChI is InChI=1S/C21H29NO3/c1-15(7-8-16-5-3-2-4-6-16)22-20(23)14-25-21(24)13-19-12-17-9-10-18(19)11-17/h2-6,15,17-19H,7-14H2,1H3,(H,22,23)/t15-,17+,18+,19-/m1/s1. The lowest BCUT2D eigenvalue weighted by molar-refractivity contribution is -0.150. The summed E-state index contributed by atoms with van der Waals surface area (Å²) in [5.74, 6) is 1.60. The van der Waals surface area contributed by atoms with E-state index >= 15 is 0 Å². The van der Waals surface area contributed by atoms with Gasteiger partial charge in [0, 0.05) is 12.5 Å². The summed E-state index contributed by atoms with van der Waals surface area (Å²) in [6.45, 7) is 1.83. The van der Waals surface area contributed by atoms with Crippen molar-refractivity contribution in [1.29, 1.82) is 0 Å². The Morgan fingerprint density at radius 3 is 2.68 bits per heavy atom. The molecule has 2 aliphatic carbocycles. The normalized spacial score (nSPS) is 25.6. The first-order chi connectivity index (χ1) is 12.1. The number of hydrogen-bond acceptors (Lipinski definition) is 3. The highest BCUT2D eigenvalue weighted by molar-refractivity contribution is 5.80. The topological polar surface area (TPSA) is 55.4 Å². The zero-order valence-electron chi connectivity index (χ0n) is 15.1. The Labute approximate surface area is 150 Å². The molecule has 4 atom stereocenters. The number of benzene rings is 1. The third kappa shape index (κ3) is 5.32. The average Bonchev–Trinajstić information content (AvgIpc) is 3.22. The molecule has 0 radical (unpaired) electrons. The van der Waals surface area contributed by atoms with E-state index in [1.807, 2.05) is 25.1 Å². The summed E-state index contributed by atoms with van der Waals surface area (Å²) in [7, 11) is 0. The third-order valence-corrected chi connectivity index (χ3v) is 5.79. The van der Waals surface area contributed by atoms with Gasteiger partial charge in [0.2, 0.25) is 0 Å². The lowest BCUT2D eigenvalue weighted by Gasteiger charge is -2.20. The SMILES string of the molecule is C[C@H](CCc1ccccc1)NC(=O)COC(=O)C[C@H]1C[C@H]2CC[C@H]1C2. The molecule has 0 aromatic heterocycles. The fourth-order valence-electron chi connectivity index (χ4n) is 4.46. The Hall–Kier alpha value is -1.84. The van der Waals surface area contributed by atoms with Crippen molar-refractivity contribution >= 4 is 11.9 Å². The lowest BCUT2D eigenvalue weighted by atomic mass is 9.86. The highest BCUT2D eigenvalue weighted by atomic mass is 16.5. The highest BCUT2D eigenvalue weighted by Gasteiger charge is 2.40. The Bertz CT molecular complexity index is 586. The number of esters is 1. The van der Waals surface area contributed by atoms with Crippen LogP contribution in [-0.2, 0) is 20.7 Å². The first-order valence-electron chi connectivity index (χ1n) is 9.59. The molecule has 25 heavy (non-hydrogen) atoms. The summed E-state index contributed by atoms with van der Waals surface area (Å²) in [5, 5.41) is 2.91. The van der Waals surface area contributed by atoms with Gasteiger partial charge in [0.1, 0.15) is 0 Å². The molecule has 0 heterocycles. The minimum Gasteiger partial charge on any atom is -0.456 e. The van der Waals surface area contributed by atoms with Crippen molar-refractivity contribution in [2.24, 2.45) is 17.8 Å². The first kappa shape index (κ1) is 18.0. The largest absolute Gasteiger partial charge is 0.456 e. The quantitative estimate of drug-likeness (QED) is 0.735. The van der Waals surface area contributed by atoms with Crippen LogP contribution in [0, 0.1) is 17.8 Å². The van der Waals surface area contributed by atoms with Gasteiger partial charge in [-0.25, -0.2) is 0 Å². The van der Waals surface area contributed by atoms with Crippen molar-refractivity contribution in [1.82, 2.24) is 5.32 Å². The molecule has 2 saturated carbocycles. The number of carbonyl (C=O) groups excluding carboxylic acids is 2. The van der Waals surface area contributed by atoms with Crippen LogP contribution >= 0.6 is 0 Å². The molecule has 1 N–H and O–H groups in total. The number of amides is 1. The molecule has 1 amide bonds. The fourth-order valence-corrected chi connectivity index (χ4v) is 4.46. The molecule has 2 fully saturated rings. The molecule has 2 bridgehead atoms. The van der Waals surface area contributed by atoms with E-state index in [-0.39, 0.29) is 24.5 Å². The Morgan fingerprint density at radius 1 is 1.20 bits per heavy atom. The number of ether oxygens (including phenoxy) is 1. The Kier molecular flexibility index (Phi) is 6.11. The lowest BCUT2D eigenvalue weighted by Crippen LogP contribution is -2.36. The van der Waals surface area contributed by atoms with Crippen molar-refractivity contribution in [2.45, 2.75) is 57.9 Å². The van der Waals surface area contributed by atoms with Crippen LogP contribution in [0.4, 0.5) is 0 Å². The molecule has 0 saturated heterocycles. The zero-order chi connectivity index (χ0) is 17.6. The number of rotatable bonds is 8. The monoisotopic (exact) mass is 343 g/mol. The molecule has 1 aromatic carbocycles. The summed E-state index contributed by atoms with van der Waals surface area (Å²) in [6.07, 6.45) is 7.33. The number of hydrogen-bond donors (Lipinski definition) is 1. The smallest absolute Gasteiger partial charge is 0.306 e. The van der Waals surface area contributed by atoms with E-state index in [0.717, 1.165) is 18.8 Å². The average molecular weight is 343 g/mol. The fraction of sp³-hybridized carbons (Fsp3) is 0.619. The van der Waals surface area contributed by atoms with Gasteiger partial charge in [0.25, 0.3) is 5.91 Å². The van der Waals surface area contributed by atoms with Gasteiger partial charge < -0.3 is 10.1 Å². The Morgan fingerprint density at radius 2 is 2.00 bits per heavy atom. The van der Waals surface area contributed by atoms with Crippen LogP contribution in [0.5, 0.6) is 0 Å². The predicted octanol–water partition coefficient (Wildman–Crippen LogP) is 3.49. The van der Waals surface area contributed by atoms with Gasteiger partial charge >= 0.3 is 5.97 Å². The van der Waals surface area contributed by atoms with Gasteiger partial charge in [-0.15, -0.1) is 0 Å². The molecule has 3 rings (SSSR count). The van der Waals surface area contributed by atoms with Crippen LogP contribution in [0.1, 0.15) is 51.0 Å². The van der Waals surface area contributed by atoms with Crippen molar-refractivity contribution in [3.05, 3.63) is 35.9 Å². The van der Waals surface area contributed by atoms with Crippen molar-refractivity contribution in [2.75, 3.05) is 6.61 Å². The zero-order valence-corrected chi connectivity index (χ0v) is 15.1.